The van der Waals surface area contributed by atoms with E-state index in [1.165, 1.54) is 13.1 Å². The minimum absolute atomic E-state index is 0.151. The average Bonchev–Trinajstić information content (AvgIpc) is 2.92. The lowest BCUT2D eigenvalue weighted by Crippen LogP contribution is -2.43. The van der Waals surface area contributed by atoms with Gasteiger partial charge in [0.05, 0.1) is 6.54 Å². The molecule has 0 radical (unpaired) electrons. The van der Waals surface area contributed by atoms with E-state index in [1.54, 1.807) is 11.4 Å². The van der Waals surface area contributed by atoms with Crippen LogP contribution in [0.2, 0.25) is 0 Å². The van der Waals surface area contributed by atoms with E-state index in [-0.39, 0.29) is 17.3 Å². The molecule has 118 valence electrons. The lowest BCUT2D eigenvalue weighted by atomic mass is 10.3. The van der Waals surface area contributed by atoms with Gasteiger partial charge in [-0.15, -0.1) is 11.3 Å². The van der Waals surface area contributed by atoms with Crippen molar-refractivity contribution in [1.29, 1.82) is 0 Å². The molecule has 1 rings (SSSR count). The minimum atomic E-state index is -3.71. The minimum Gasteiger partial charge on any atom is -0.480 e. The summed E-state index contributed by atoms with van der Waals surface area (Å²) in [6.07, 6.45) is 0.598. The summed E-state index contributed by atoms with van der Waals surface area (Å²) in [5, 5.41) is 10.4. The second-order valence-corrected chi connectivity index (χ2v) is 7.62. The Labute approximate surface area is 127 Å². The van der Waals surface area contributed by atoms with E-state index in [2.05, 4.69) is 0 Å². The predicted octanol–water partition coefficient (Wildman–Crippen LogP) is 0.692. The van der Waals surface area contributed by atoms with E-state index >= 15 is 0 Å². The van der Waals surface area contributed by atoms with Crippen LogP contribution in [0, 0.1) is 0 Å². The molecule has 0 unspecified atom stereocenters. The van der Waals surface area contributed by atoms with Gasteiger partial charge < -0.3 is 10.0 Å². The van der Waals surface area contributed by atoms with Crippen LogP contribution in [-0.4, -0.2) is 61.3 Å². The second-order valence-electron chi connectivity index (χ2n) is 4.40. The summed E-state index contributed by atoms with van der Waals surface area (Å²) < 4.78 is 25.4. The molecule has 0 aliphatic carbocycles. The first kappa shape index (κ1) is 17.6. The van der Waals surface area contributed by atoms with Crippen molar-refractivity contribution in [3.05, 3.63) is 17.5 Å². The molecule has 21 heavy (non-hydrogen) atoms. The topological polar surface area (TPSA) is 95.0 Å². The first-order chi connectivity index (χ1) is 9.78. The van der Waals surface area contributed by atoms with Crippen molar-refractivity contribution < 1.29 is 23.1 Å². The van der Waals surface area contributed by atoms with E-state index in [0.29, 0.717) is 6.42 Å². The fourth-order valence-corrected chi connectivity index (χ4v) is 3.99. The van der Waals surface area contributed by atoms with E-state index in [9.17, 15) is 18.0 Å². The van der Waals surface area contributed by atoms with Crippen molar-refractivity contribution in [3.63, 3.8) is 0 Å². The second kappa shape index (κ2) is 7.53. The number of hydrogen-bond acceptors (Lipinski definition) is 5. The van der Waals surface area contributed by atoms with Gasteiger partial charge in [0.15, 0.2) is 0 Å². The highest BCUT2D eigenvalue weighted by Crippen LogP contribution is 2.19. The molecule has 0 saturated heterocycles. The molecule has 1 aromatic rings. The molecule has 0 bridgehead atoms. The lowest BCUT2D eigenvalue weighted by Gasteiger charge is -2.23. The van der Waals surface area contributed by atoms with Crippen LogP contribution in [0.1, 0.15) is 13.3 Å². The zero-order valence-corrected chi connectivity index (χ0v) is 13.5. The number of carboxylic acids is 1. The zero-order chi connectivity index (χ0) is 16.0. The highest BCUT2D eigenvalue weighted by Gasteiger charge is 2.26. The quantitative estimate of drug-likeness (QED) is 0.755. The molecule has 0 aromatic carbocycles. The van der Waals surface area contributed by atoms with Crippen LogP contribution in [0.3, 0.4) is 0 Å². The van der Waals surface area contributed by atoms with Crippen LogP contribution in [0.25, 0.3) is 0 Å². The molecular formula is C12H18N2O5S2. The first-order valence-electron chi connectivity index (χ1n) is 6.28. The van der Waals surface area contributed by atoms with Crippen LogP contribution in [-0.2, 0) is 19.6 Å². The molecule has 0 aliphatic rings. The van der Waals surface area contributed by atoms with E-state index < -0.39 is 28.4 Å². The van der Waals surface area contributed by atoms with Crippen LogP contribution >= 0.6 is 11.3 Å². The molecule has 0 spiro atoms. The van der Waals surface area contributed by atoms with Gasteiger partial charge in [0.25, 0.3) is 10.0 Å². The molecule has 1 N–H and O–H groups in total. The van der Waals surface area contributed by atoms with Gasteiger partial charge in [-0.25, -0.2) is 8.42 Å². The van der Waals surface area contributed by atoms with Crippen molar-refractivity contribution in [1.82, 2.24) is 9.21 Å². The van der Waals surface area contributed by atoms with Crippen molar-refractivity contribution >= 4 is 33.2 Å². The number of carboxylic acid groups (broad SMARTS) is 1. The van der Waals surface area contributed by atoms with Crippen molar-refractivity contribution in [2.45, 2.75) is 17.6 Å². The van der Waals surface area contributed by atoms with Gasteiger partial charge in [0.2, 0.25) is 5.91 Å². The summed E-state index contributed by atoms with van der Waals surface area (Å²) >= 11 is 1.07. The number of carbonyl (C=O) groups is 2. The van der Waals surface area contributed by atoms with E-state index in [4.69, 9.17) is 5.11 Å². The fraction of sp³-hybridized carbons (Fsp3) is 0.500. The van der Waals surface area contributed by atoms with Gasteiger partial charge in [0.1, 0.15) is 10.8 Å². The summed E-state index contributed by atoms with van der Waals surface area (Å²) in [4.78, 5) is 23.9. The van der Waals surface area contributed by atoms with Crippen molar-refractivity contribution in [2.75, 3.05) is 26.7 Å². The Hall–Kier alpha value is -1.45. The third-order valence-corrected chi connectivity index (χ3v) is 5.87. The van der Waals surface area contributed by atoms with Crippen LogP contribution in [0.15, 0.2) is 21.7 Å². The number of thiophene rings is 1. The molecule has 0 atom stereocenters. The van der Waals surface area contributed by atoms with Gasteiger partial charge in [-0.3, -0.25) is 9.59 Å². The Balaban J connectivity index is 2.78. The van der Waals surface area contributed by atoms with Gasteiger partial charge >= 0.3 is 5.97 Å². The van der Waals surface area contributed by atoms with Crippen LogP contribution in [0.5, 0.6) is 0 Å². The Morgan fingerprint density at radius 2 is 2.00 bits per heavy atom. The summed E-state index contributed by atoms with van der Waals surface area (Å²) in [7, 11) is -2.41. The number of sulfonamides is 1. The summed E-state index contributed by atoms with van der Waals surface area (Å²) in [5.74, 6) is -1.65. The number of aliphatic carboxylic acids is 1. The van der Waals surface area contributed by atoms with Crippen LogP contribution in [0.4, 0.5) is 0 Å². The summed E-state index contributed by atoms with van der Waals surface area (Å²) in [6, 6.07) is 3.07. The normalized spacial score (nSPS) is 11.6. The molecule has 9 heteroatoms. The molecule has 0 saturated carbocycles. The monoisotopic (exact) mass is 334 g/mol. The molecular weight excluding hydrogens is 316 g/mol. The smallest absolute Gasteiger partial charge is 0.323 e. The number of hydrogen-bond donors (Lipinski definition) is 1. The van der Waals surface area contributed by atoms with Crippen LogP contribution < -0.4 is 0 Å². The van der Waals surface area contributed by atoms with Crippen molar-refractivity contribution in [3.8, 4) is 0 Å². The first-order valence-corrected chi connectivity index (χ1v) is 8.60. The Morgan fingerprint density at radius 3 is 2.48 bits per heavy atom. The fourth-order valence-electron chi connectivity index (χ4n) is 1.66. The molecule has 1 heterocycles. The largest absolute Gasteiger partial charge is 0.480 e. The van der Waals surface area contributed by atoms with Gasteiger partial charge in [-0.2, -0.15) is 4.31 Å². The number of amides is 1. The van der Waals surface area contributed by atoms with Gasteiger partial charge in [-0.1, -0.05) is 13.0 Å². The Kier molecular flexibility index (Phi) is 6.31. The molecule has 0 fully saturated rings. The highest BCUT2D eigenvalue weighted by molar-refractivity contribution is 7.91. The molecule has 7 nitrogen and oxygen atoms in total. The van der Waals surface area contributed by atoms with E-state index in [1.807, 2.05) is 6.92 Å². The Bertz CT molecular complexity index is 583. The van der Waals surface area contributed by atoms with Gasteiger partial charge in [-0.05, 0) is 17.9 Å². The molecule has 0 aliphatic heterocycles. The molecule has 1 amide bonds. The summed E-state index contributed by atoms with van der Waals surface area (Å²) in [5.41, 5.74) is 0. The summed E-state index contributed by atoms with van der Waals surface area (Å²) in [6.45, 7) is 1.28. The van der Waals surface area contributed by atoms with E-state index in [0.717, 1.165) is 20.5 Å². The average molecular weight is 334 g/mol. The Morgan fingerprint density at radius 1 is 1.33 bits per heavy atom. The maximum Gasteiger partial charge on any atom is 0.323 e. The third-order valence-electron chi connectivity index (χ3n) is 2.69. The maximum atomic E-state index is 12.2. The third kappa shape index (κ3) is 4.80. The molecule has 1 aromatic heterocycles. The number of rotatable bonds is 8. The van der Waals surface area contributed by atoms with Crippen molar-refractivity contribution in [2.24, 2.45) is 0 Å². The maximum absolute atomic E-state index is 12.2. The number of nitrogens with zero attached hydrogens (tertiary/aromatic N) is 2. The lowest BCUT2D eigenvalue weighted by molar-refractivity contribution is -0.144. The predicted molar refractivity (Wildman–Crippen MR) is 78.6 cm³/mol. The zero-order valence-electron chi connectivity index (χ0n) is 11.9. The number of likely N-dealkylation sites (N-methyl/N-ethyl adjacent to an activating group) is 1. The SMILES string of the molecule is CCCN(CC(=O)O)C(=O)CN(C)S(=O)(=O)c1cccs1. The highest BCUT2D eigenvalue weighted by atomic mass is 32.2. The standard InChI is InChI=1S/C12H18N2O5S2/c1-3-6-14(9-11(16)17)10(15)8-13(2)21(18,19)12-5-4-7-20-12/h4-5,7H,3,6,8-9H2,1-2H3,(H,16,17). The number of carbonyl (C=O) groups excluding carboxylic acids is 1. The van der Waals surface area contributed by atoms with Gasteiger partial charge in [0, 0.05) is 13.6 Å².